The number of pyridine rings is 1. The lowest BCUT2D eigenvalue weighted by atomic mass is 10.2. The van der Waals surface area contributed by atoms with Gasteiger partial charge in [-0.2, -0.15) is 0 Å². The molecule has 0 bridgehead atoms. The Balaban J connectivity index is 1.71. The molecule has 0 radical (unpaired) electrons. The molecule has 1 heterocycles. The second-order valence-corrected chi connectivity index (χ2v) is 5.90. The molecule has 1 aromatic rings. The summed E-state index contributed by atoms with van der Waals surface area (Å²) in [6.45, 7) is 3.70. The van der Waals surface area contributed by atoms with Gasteiger partial charge in [0, 0.05) is 18.7 Å². The molecule has 1 aliphatic rings. The minimum atomic E-state index is 0.663. The van der Waals surface area contributed by atoms with Crippen molar-refractivity contribution in [1.29, 1.82) is 0 Å². The van der Waals surface area contributed by atoms with Crippen LogP contribution in [0, 0.1) is 0 Å². The van der Waals surface area contributed by atoms with Crippen molar-refractivity contribution >= 4 is 11.6 Å². The Bertz CT molecular complexity index is 407. The lowest BCUT2D eigenvalue weighted by Crippen LogP contribution is -2.16. The van der Waals surface area contributed by atoms with Gasteiger partial charge < -0.3 is 10.1 Å². The number of unbranched alkanes of at least 4 members (excludes halogenated alkanes) is 4. The molecular weight excluding hydrogens is 272 g/mol. The molecule has 20 heavy (non-hydrogen) atoms. The van der Waals surface area contributed by atoms with Gasteiger partial charge in [0.05, 0.1) is 17.3 Å². The van der Waals surface area contributed by atoms with Crippen LogP contribution in [0.3, 0.4) is 0 Å². The highest BCUT2D eigenvalue weighted by molar-refractivity contribution is 6.31. The molecule has 0 saturated heterocycles. The molecule has 0 unspecified atom stereocenters. The van der Waals surface area contributed by atoms with Crippen LogP contribution in [-0.4, -0.2) is 17.6 Å². The van der Waals surface area contributed by atoms with Crippen molar-refractivity contribution in [3.63, 3.8) is 0 Å². The van der Waals surface area contributed by atoms with Gasteiger partial charge in [0.1, 0.15) is 0 Å². The van der Waals surface area contributed by atoms with Crippen LogP contribution in [0.1, 0.15) is 57.6 Å². The first kappa shape index (κ1) is 15.6. The first-order valence-corrected chi connectivity index (χ1v) is 8.19. The van der Waals surface area contributed by atoms with Crippen molar-refractivity contribution in [2.45, 2.75) is 64.5 Å². The van der Waals surface area contributed by atoms with Crippen LogP contribution in [0.4, 0.5) is 0 Å². The van der Waals surface area contributed by atoms with Crippen LogP contribution in [0.15, 0.2) is 12.1 Å². The standard InChI is InChI=1S/C16H25ClN2O/c1-2-3-4-5-6-11-20-16-10-9-14(17)15(19-16)12-18-13-7-8-13/h9-10,13,18H,2-8,11-12H2,1H3. The number of nitrogens with one attached hydrogen (secondary N) is 1. The van der Waals surface area contributed by atoms with E-state index in [4.69, 9.17) is 16.3 Å². The van der Waals surface area contributed by atoms with Gasteiger partial charge in [-0.15, -0.1) is 0 Å². The lowest BCUT2D eigenvalue weighted by Gasteiger charge is -2.09. The maximum Gasteiger partial charge on any atom is 0.213 e. The molecule has 0 amide bonds. The number of aromatic nitrogens is 1. The van der Waals surface area contributed by atoms with Gasteiger partial charge in [0.25, 0.3) is 0 Å². The van der Waals surface area contributed by atoms with Gasteiger partial charge in [0.2, 0.25) is 5.88 Å². The van der Waals surface area contributed by atoms with Gasteiger partial charge in [0.15, 0.2) is 0 Å². The molecular formula is C16H25ClN2O. The van der Waals surface area contributed by atoms with E-state index in [1.54, 1.807) is 0 Å². The van der Waals surface area contributed by atoms with Crippen molar-refractivity contribution in [1.82, 2.24) is 10.3 Å². The summed E-state index contributed by atoms with van der Waals surface area (Å²) >= 11 is 6.16. The molecule has 0 aromatic carbocycles. The average molecular weight is 297 g/mol. The molecule has 112 valence electrons. The summed E-state index contributed by atoms with van der Waals surface area (Å²) in [6, 6.07) is 4.40. The van der Waals surface area contributed by atoms with E-state index in [-0.39, 0.29) is 0 Å². The SMILES string of the molecule is CCCCCCCOc1ccc(Cl)c(CNC2CC2)n1. The van der Waals surface area contributed by atoms with Gasteiger partial charge >= 0.3 is 0 Å². The molecule has 0 atom stereocenters. The van der Waals surface area contributed by atoms with E-state index in [0.29, 0.717) is 16.9 Å². The van der Waals surface area contributed by atoms with Crippen LogP contribution in [0.5, 0.6) is 5.88 Å². The molecule has 1 aromatic heterocycles. The van der Waals surface area contributed by atoms with Crippen molar-refractivity contribution < 1.29 is 4.74 Å². The number of hydrogen-bond acceptors (Lipinski definition) is 3. The Morgan fingerprint density at radius 3 is 2.80 bits per heavy atom. The summed E-state index contributed by atoms with van der Waals surface area (Å²) in [7, 11) is 0. The largest absolute Gasteiger partial charge is 0.478 e. The summed E-state index contributed by atoms with van der Waals surface area (Å²) in [5.74, 6) is 0.692. The molecule has 1 fully saturated rings. The van der Waals surface area contributed by atoms with Gasteiger partial charge in [-0.25, -0.2) is 4.98 Å². The molecule has 2 rings (SSSR count). The van der Waals surface area contributed by atoms with Crippen LogP contribution in [-0.2, 0) is 6.54 Å². The van der Waals surface area contributed by atoms with E-state index < -0.39 is 0 Å². The molecule has 0 spiro atoms. The number of halogens is 1. The Morgan fingerprint density at radius 2 is 2.05 bits per heavy atom. The fourth-order valence-corrected chi connectivity index (χ4v) is 2.25. The Morgan fingerprint density at radius 1 is 1.25 bits per heavy atom. The number of hydrogen-bond donors (Lipinski definition) is 1. The van der Waals surface area contributed by atoms with Crippen molar-refractivity contribution in [2.75, 3.05) is 6.61 Å². The minimum absolute atomic E-state index is 0.663. The molecule has 4 heteroatoms. The lowest BCUT2D eigenvalue weighted by molar-refractivity contribution is 0.292. The van der Waals surface area contributed by atoms with E-state index in [2.05, 4.69) is 17.2 Å². The predicted molar refractivity (Wildman–Crippen MR) is 83.4 cm³/mol. The van der Waals surface area contributed by atoms with Crippen molar-refractivity contribution in [2.24, 2.45) is 0 Å². The topological polar surface area (TPSA) is 34.1 Å². The summed E-state index contributed by atoms with van der Waals surface area (Å²) in [5, 5.41) is 4.15. The van der Waals surface area contributed by atoms with Crippen LogP contribution in [0.25, 0.3) is 0 Å². The third-order valence-electron chi connectivity index (χ3n) is 3.53. The Hall–Kier alpha value is -0.800. The normalized spacial score (nSPS) is 14.5. The van der Waals surface area contributed by atoms with E-state index in [1.165, 1.54) is 38.5 Å². The number of ether oxygens (including phenoxy) is 1. The fourth-order valence-electron chi connectivity index (χ4n) is 2.08. The molecule has 1 saturated carbocycles. The van der Waals surface area contributed by atoms with Crippen LogP contribution in [0.2, 0.25) is 5.02 Å². The highest BCUT2D eigenvalue weighted by Crippen LogP contribution is 2.22. The van der Waals surface area contributed by atoms with Crippen LogP contribution < -0.4 is 10.1 Å². The van der Waals surface area contributed by atoms with E-state index in [1.807, 2.05) is 12.1 Å². The summed E-state index contributed by atoms with van der Waals surface area (Å²) in [4.78, 5) is 4.49. The fraction of sp³-hybridized carbons (Fsp3) is 0.688. The first-order chi connectivity index (χ1) is 9.79. The molecule has 1 N–H and O–H groups in total. The molecule has 1 aliphatic carbocycles. The molecule has 3 nitrogen and oxygen atoms in total. The Labute approximate surface area is 127 Å². The van der Waals surface area contributed by atoms with E-state index in [0.717, 1.165) is 25.3 Å². The average Bonchev–Trinajstić information content (AvgIpc) is 3.27. The highest BCUT2D eigenvalue weighted by atomic mass is 35.5. The van der Waals surface area contributed by atoms with Gasteiger partial charge in [-0.05, 0) is 25.3 Å². The van der Waals surface area contributed by atoms with Crippen molar-refractivity contribution in [3.8, 4) is 5.88 Å². The summed E-state index contributed by atoms with van der Waals surface area (Å²) in [5.41, 5.74) is 0.891. The smallest absolute Gasteiger partial charge is 0.213 e. The second kappa shape index (κ2) is 8.48. The Kier molecular flexibility index (Phi) is 6.61. The van der Waals surface area contributed by atoms with Gasteiger partial charge in [-0.3, -0.25) is 0 Å². The third kappa shape index (κ3) is 5.68. The van der Waals surface area contributed by atoms with E-state index >= 15 is 0 Å². The monoisotopic (exact) mass is 296 g/mol. The van der Waals surface area contributed by atoms with E-state index in [9.17, 15) is 0 Å². The zero-order chi connectivity index (χ0) is 14.2. The zero-order valence-corrected chi connectivity index (χ0v) is 13.1. The maximum atomic E-state index is 6.16. The predicted octanol–water partition coefficient (Wildman–Crippen LogP) is 4.34. The number of rotatable bonds is 10. The summed E-state index contributed by atoms with van der Waals surface area (Å²) < 4.78 is 5.71. The third-order valence-corrected chi connectivity index (χ3v) is 3.87. The highest BCUT2D eigenvalue weighted by Gasteiger charge is 2.20. The van der Waals surface area contributed by atoms with Gasteiger partial charge in [-0.1, -0.05) is 44.2 Å². The zero-order valence-electron chi connectivity index (χ0n) is 12.3. The molecule has 0 aliphatic heterocycles. The second-order valence-electron chi connectivity index (χ2n) is 5.50. The number of nitrogens with zero attached hydrogens (tertiary/aromatic N) is 1. The van der Waals surface area contributed by atoms with Crippen molar-refractivity contribution in [3.05, 3.63) is 22.8 Å². The first-order valence-electron chi connectivity index (χ1n) is 7.81. The quantitative estimate of drug-likeness (QED) is 0.652. The minimum Gasteiger partial charge on any atom is -0.478 e. The maximum absolute atomic E-state index is 6.16. The summed E-state index contributed by atoms with van der Waals surface area (Å²) in [6.07, 6.45) is 8.76. The van der Waals surface area contributed by atoms with Crippen LogP contribution >= 0.6 is 11.6 Å².